The van der Waals surface area contributed by atoms with Crippen molar-refractivity contribution in [1.29, 1.82) is 0 Å². The van der Waals surface area contributed by atoms with Crippen LogP contribution in [0.4, 0.5) is 5.82 Å². The van der Waals surface area contributed by atoms with Crippen molar-refractivity contribution >= 4 is 11.7 Å². The smallest absolute Gasteiger partial charge is 0.269 e. The second-order valence-corrected chi connectivity index (χ2v) is 3.16. The van der Waals surface area contributed by atoms with E-state index in [9.17, 15) is 4.79 Å². The molecule has 3 N–H and O–H groups in total. The summed E-state index contributed by atoms with van der Waals surface area (Å²) >= 11 is 0. The number of aromatic nitrogens is 3. The number of nitrogens with two attached hydrogens (primary N) is 1. The van der Waals surface area contributed by atoms with Gasteiger partial charge < -0.3 is 11.1 Å². The molecule has 0 unspecified atom stereocenters. The average molecular weight is 217 g/mol. The zero-order valence-electron chi connectivity index (χ0n) is 8.71. The molecule has 2 heterocycles. The molecule has 6 heteroatoms. The molecule has 0 bridgehead atoms. The predicted octanol–water partition coefficient (Wildman–Crippen LogP) is 0.408. The highest BCUT2D eigenvalue weighted by Crippen LogP contribution is 2.10. The molecule has 6 nitrogen and oxygen atoms in total. The Balaban J connectivity index is 2.38. The van der Waals surface area contributed by atoms with Gasteiger partial charge in [0.05, 0.1) is 5.69 Å². The summed E-state index contributed by atoms with van der Waals surface area (Å²) in [6.45, 7) is 0. The highest BCUT2D eigenvalue weighted by Gasteiger charge is 2.06. The number of carbonyl (C=O) groups is 1. The van der Waals surface area contributed by atoms with Crippen LogP contribution in [0.3, 0.4) is 0 Å². The van der Waals surface area contributed by atoms with Crippen LogP contribution in [0.1, 0.15) is 10.5 Å². The normalized spacial score (nSPS) is 10.1. The van der Waals surface area contributed by atoms with Crippen LogP contribution in [0.5, 0.6) is 0 Å². The van der Waals surface area contributed by atoms with Gasteiger partial charge in [-0.3, -0.25) is 4.79 Å². The van der Waals surface area contributed by atoms with E-state index < -0.39 is 5.91 Å². The first kappa shape index (κ1) is 10.2. The van der Waals surface area contributed by atoms with E-state index in [0.29, 0.717) is 0 Å². The zero-order chi connectivity index (χ0) is 11.5. The maximum absolute atomic E-state index is 10.9. The van der Waals surface area contributed by atoms with Crippen LogP contribution in [0.15, 0.2) is 30.6 Å². The summed E-state index contributed by atoms with van der Waals surface area (Å²) in [6.07, 6.45) is 3.33. The molecule has 0 aliphatic rings. The van der Waals surface area contributed by atoms with Gasteiger partial charge >= 0.3 is 0 Å². The Bertz CT molecular complexity index is 519. The van der Waals surface area contributed by atoms with E-state index in [4.69, 9.17) is 5.73 Å². The predicted molar refractivity (Wildman–Crippen MR) is 59.4 cm³/mol. The van der Waals surface area contributed by atoms with Gasteiger partial charge in [0.25, 0.3) is 5.91 Å². The van der Waals surface area contributed by atoms with Crippen molar-refractivity contribution in [2.45, 2.75) is 0 Å². The quantitative estimate of drug-likeness (QED) is 0.779. The Morgan fingerprint density at radius 3 is 2.94 bits per heavy atom. The zero-order valence-corrected chi connectivity index (χ0v) is 8.71. The van der Waals surface area contributed by atoms with E-state index in [1.165, 1.54) is 0 Å². The molecule has 0 saturated carbocycles. The second kappa shape index (κ2) is 4.01. The van der Waals surface area contributed by atoms with Crippen molar-refractivity contribution in [2.75, 3.05) is 12.4 Å². The molecule has 2 rings (SSSR count). The third-order valence-electron chi connectivity index (χ3n) is 2.11. The molecule has 0 fully saturated rings. The molecule has 2 aromatic rings. The lowest BCUT2D eigenvalue weighted by Crippen LogP contribution is -2.12. The number of primary amides is 1. The number of carbonyl (C=O) groups excluding carboxylic acids is 1. The molecule has 1 amide bonds. The number of pyridine rings is 1. The number of anilines is 1. The van der Waals surface area contributed by atoms with Gasteiger partial charge in [-0.25, -0.2) is 9.67 Å². The van der Waals surface area contributed by atoms with Gasteiger partial charge in [-0.15, -0.1) is 0 Å². The average Bonchev–Trinajstić information content (AvgIpc) is 2.78. The molecule has 0 aromatic carbocycles. The minimum Gasteiger partial charge on any atom is -0.373 e. The number of hydrogen-bond donors (Lipinski definition) is 2. The summed E-state index contributed by atoms with van der Waals surface area (Å²) in [5, 5.41) is 6.96. The lowest BCUT2D eigenvalue weighted by molar-refractivity contribution is 0.0995. The summed E-state index contributed by atoms with van der Waals surface area (Å²) in [6, 6.07) is 5.18. The first-order valence-corrected chi connectivity index (χ1v) is 4.70. The number of nitrogens with one attached hydrogen (secondary N) is 1. The largest absolute Gasteiger partial charge is 0.373 e. The molecule has 0 aliphatic carbocycles. The van der Waals surface area contributed by atoms with Crippen LogP contribution in [-0.4, -0.2) is 27.7 Å². The molecule has 0 aliphatic heterocycles. The minimum atomic E-state index is -0.540. The topological polar surface area (TPSA) is 85.8 Å². The Morgan fingerprint density at radius 1 is 1.50 bits per heavy atom. The molecule has 16 heavy (non-hydrogen) atoms. The minimum absolute atomic E-state index is 0.239. The fourth-order valence-electron chi connectivity index (χ4n) is 1.30. The van der Waals surface area contributed by atoms with Gasteiger partial charge in [0.1, 0.15) is 11.5 Å². The number of hydrogen-bond acceptors (Lipinski definition) is 4. The molecule has 0 radical (unpaired) electrons. The van der Waals surface area contributed by atoms with Gasteiger partial charge in [-0.05, 0) is 12.1 Å². The van der Waals surface area contributed by atoms with Crippen molar-refractivity contribution < 1.29 is 4.79 Å². The van der Waals surface area contributed by atoms with E-state index in [0.717, 1.165) is 11.5 Å². The highest BCUT2D eigenvalue weighted by atomic mass is 16.1. The van der Waals surface area contributed by atoms with Crippen LogP contribution in [-0.2, 0) is 0 Å². The van der Waals surface area contributed by atoms with Crippen LogP contribution < -0.4 is 11.1 Å². The Morgan fingerprint density at radius 2 is 2.31 bits per heavy atom. The Hall–Kier alpha value is -2.37. The molecule has 0 atom stereocenters. The first-order valence-electron chi connectivity index (χ1n) is 4.70. The number of nitrogens with zero attached hydrogens (tertiary/aromatic N) is 3. The van der Waals surface area contributed by atoms with Crippen molar-refractivity contribution in [1.82, 2.24) is 14.8 Å². The Kier molecular flexibility index (Phi) is 2.55. The molecule has 0 spiro atoms. The van der Waals surface area contributed by atoms with Crippen LogP contribution >= 0.6 is 0 Å². The van der Waals surface area contributed by atoms with Gasteiger partial charge in [-0.2, -0.15) is 5.10 Å². The summed E-state index contributed by atoms with van der Waals surface area (Å²) in [4.78, 5) is 15.0. The maximum Gasteiger partial charge on any atom is 0.269 e. The second-order valence-electron chi connectivity index (χ2n) is 3.16. The van der Waals surface area contributed by atoms with E-state index in [2.05, 4.69) is 15.4 Å². The lowest BCUT2D eigenvalue weighted by atomic mass is 10.4. The molecular weight excluding hydrogens is 206 g/mol. The SMILES string of the molecule is CNc1cc(-n2ccc(C(N)=O)n2)ccn1. The lowest BCUT2D eigenvalue weighted by Gasteiger charge is -2.03. The highest BCUT2D eigenvalue weighted by molar-refractivity contribution is 5.90. The number of amides is 1. The third-order valence-corrected chi connectivity index (χ3v) is 2.11. The van der Waals surface area contributed by atoms with Gasteiger partial charge in [0, 0.05) is 25.5 Å². The molecular formula is C10H11N5O. The summed E-state index contributed by atoms with van der Waals surface area (Å²) in [5.74, 6) is 0.190. The van der Waals surface area contributed by atoms with Crippen molar-refractivity contribution in [3.8, 4) is 5.69 Å². The standard InChI is InChI=1S/C10H11N5O/c1-12-9-6-7(2-4-13-9)15-5-3-8(14-15)10(11)16/h2-6H,1H3,(H2,11,16)(H,12,13). The Labute approximate surface area is 92.1 Å². The fraction of sp³-hybridized carbons (Fsp3) is 0.100. The molecule has 0 saturated heterocycles. The van der Waals surface area contributed by atoms with E-state index >= 15 is 0 Å². The van der Waals surface area contributed by atoms with Crippen LogP contribution in [0.2, 0.25) is 0 Å². The first-order chi connectivity index (χ1) is 7.70. The third kappa shape index (κ3) is 1.85. The van der Waals surface area contributed by atoms with Crippen molar-refractivity contribution in [3.05, 3.63) is 36.3 Å². The van der Waals surface area contributed by atoms with Crippen molar-refractivity contribution in [3.63, 3.8) is 0 Å². The maximum atomic E-state index is 10.9. The van der Waals surface area contributed by atoms with Crippen LogP contribution in [0, 0.1) is 0 Å². The molecule has 2 aromatic heterocycles. The van der Waals surface area contributed by atoms with E-state index in [1.807, 2.05) is 6.07 Å². The van der Waals surface area contributed by atoms with Gasteiger partial charge in [0.2, 0.25) is 0 Å². The number of rotatable bonds is 3. The molecule has 82 valence electrons. The van der Waals surface area contributed by atoms with Crippen LogP contribution in [0.25, 0.3) is 5.69 Å². The van der Waals surface area contributed by atoms with E-state index in [-0.39, 0.29) is 5.69 Å². The van der Waals surface area contributed by atoms with Gasteiger partial charge in [-0.1, -0.05) is 0 Å². The van der Waals surface area contributed by atoms with Crippen molar-refractivity contribution in [2.24, 2.45) is 5.73 Å². The van der Waals surface area contributed by atoms with Gasteiger partial charge in [0.15, 0.2) is 0 Å². The summed E-state index contributed by atoms with van der Waals surface area (Å²) < 4.78 is 1.57. The monoisotopic (exact) mass is 217 g/mol. The summed E-state index contributed by atoms with van der Waals surface area (Å²) in [7, 11) is 1.78. The summed E-state index contributed by atoms with van der Waals surface area (Å²) in [5.41, 5.74) is 6.17. The van der Waals surface area contributed by atoms with E-state index in [1.54, 1.807) is 36.3 Å². The fourth-order valence-corrected chi connectivity index (χ4v) is 1.30.